The maximum atomic E-state index is 13.1. The minimum Gasteiger partial charge on any atom is -0.353 e. The number of amides is 1. The summed E-state index contributed by atoms with van der Waals surface area (Å²) < 4.78 is 1.55. The molecule has 0 aliphatic rings. The fraction of sp³-hybridized carbons (Fsp3) is 0.136. The van der Waals surface area contributed by atoms with E-state index in [9.17, 15) is 9.59 Å². The summed E-state index contributed by atoms with van der Waals surface area (Å²) in [4.78, 5) is 33.3. The summed E-state index contributed by atoms with van der Waals surface area (Å²) in [7, 11) is 0. The van der Waals surface area contributed by atoms with Crippen molar-refractivity contribution in [2.45, 2.75) is 19.0 Å². The molecule has 7 heteroatoms. The van der Waals surface area contributed by atoms with Gasteiger partial charge in [-0.3, -0.25) is 14.2 Å². The van der Waals surface area contributed by atoms with Crippen LogP contribution >= 0.6 is 11.8 Å². The molecule has 0 radical (unpaired) electrons. The van der Waals surface area contributed by atoms with Gasteiger partial charge in [-0.1, -0.05) is 48.2 Å². The highest BCUT2D eigenvalue weighted by atomic mass is 32.2. The molecular weight excluding hydrogens is 384 g/mol. The van der Waals surface area contributed by atoms with Crippen molar-refractivity contribution in [2.75, 3.05) is 11.1 Å². The van der Waals surface area contributed by atoms with E-state index >= 15 is 0 Å². The number of anilines is 1. The molecule has 0 saturated heterocycles. The predicted octanol–water partition coefficient (Wildman–Crippen LogP) is 4.06. The van der Waals surface area contributed by atoms with E-state index in [1.165, 1.54) is 11.8 Å². The zero-order valence-electron chi connectivity index (χ0n) is 16.1. The van der Waals surface area contributed by atoms with E-state index in [2.05, 4.69) is 15.3 Å². The van der Waals surface area contributed by atoms with Crippen LogP contribution in [0.2, 0.25) is 0 Å². The topological polar surface area (TPSA) is 79.8 Å². The number of thioether (sulfide) groups is 1. The maximum Gasteiger partial charge on any atom is 0.283 e. The van der Waals surface area contributed by atoms with Crippen LogP contribution in [0.3, 0.4) is 0 Å². The van der Waals surface area contributed by atoms with Crippen LogP contribution in [0.25, 0.3) is 16.7 Å². The van der Waals surface area contributed by atoms with Gasteiger partial charge in [0.2, 0.25) is 5.91 Å². The number of para-hydroxylation sites is 2. The van der Waals surface area contributed by atoms with Crippen LogP contribution in [0.1, 0.15) is 11.3 Å². The molecule has 0 atom stereocenters. The minimum atomic E-state index is -0.184. The van der Waals surface area contributed by atoms with Gasteiger partial charge in [-0.05, 0) is 43.7 Å². The predicted molar refractivity (Wildman–Crippen MR) is 117 cm³/mol. The second-order valence-corrected chi connectivity index (χ2v) is 7.68. The van der Waals surface area contributed by atoms with Gasteiger partial charge in [-0.2, -0.15) is 0 Å². The number of aromatic nitrogens is 3. The number of H-pyrrole nitrogens is 1. The Morgan fingerprint density at radius 2 is 1.83 bits per heavy atom. The molecule has 2 heterocycles. The molecule has 0 aliphatic heterocycles. The number of rotatable bonds is 5. The van der Waals surface area contributed by atoms with Crippen LogP contribution < -0.4 is 10.9 Å². The average Bonchev–Trinajstić information content (AvgIpc) is 3.09. The molecule has 146 valence electrons. The molecule has 4 rings (SSSR count). The zero-order chi connectivity index (χ0) is 20.4. The van der Waals surface area contributed by atoms with E-state index in [-0.39, 0.29) is 17.2 Å². The summed E-state index contributed by atoms with van der Waals surface area (Å²) in [6.45, 7) is 3.83. The lowest BCUT2D eigenvalue weighted by atomic mass is 10.2. The van der Waals surface area contributed by atoms with Gasteiger partial charge in [0.1, 0.15) is 5.52 Å². The number of nitrogens with zero attached hydrogens (tertiary/aromatic N) is 2. The van der Waals surface area contributed by atoms with Gasteiger partial charge in [-0.25, -0.2) is 4.98 Å². The Bertz CT molecular complexity index is 1240. The first-order valence-corrected chi connectivity index (χ1v) is 10.2. The Morgan fingerprint density at radius 1 is 1.10 bits per heavy atom. The second-order valence-electron chi connectivity index (χ2n) is 6.73. The quantitative estimate of drug-likeness (QED) is 0.388. The van der Waals surface area contributed by atoms with Gasteiger partial charge in [0, 0.05) is 11.4 Å². The van der Waals surface area contributed by atoms with Crippen molar-refractivity contribution in [1.82, 2.24) is 14.5 Å². The first-order valence-electron chi connectivity index (χ1n) is 9.19. The van der Waals surface area contributed by atoms with Crippen LogP contribution in [0.5, 0.6) is 0 Å². The highest BCUT2D eigenvalue weighted by Gasteiger charge is 2.16. The molecule has 0 aliphatic carbocycles. The van der Waals surface area contributed by atoms with E-state index in [0.29, 0.717) is 21.9 Å². The monoisotopic (exact) mass is 404 g/mol. The third kappa shape index (κ3) is 3.95. The number of aromatic amines is 1. The third-order valence-electron chi connectivity index (χ3n) is 4.52. The van der Waals surface area contributed by atoms with Crippen molar-refractivity contribution >= 4 is 34.4 Å². The fourth-order valence-corrected chi connectivity index (χ4v) is 3.92. The number of fused-ring (bicyclic) bond motifs is 1. The fourth-order valence-electron chi connectivity index (χ4n) is 3.11. The molecular formula is C22H20N4O2S. The van der Waals surface area contributed by atoms with E-state index < -0.39 is 0 Å². The number of hydrogen-bond acceptors (Lipinski definition) is 4. The van der Waals surface area contributed by atoms with Crippen LogP contribution in [0, 0.1) is 13.8 Å². The van der Waals surface area contributed by atoms with Crippen molar-refractivity contribution in [3.63, 3.8) is 0 Å². The third-order valence-corrected chi connectivity index (χ3v) is 5.46. The summed E-state index contributed by atoms with van der Waals surface area (Å²) in [5.41, 5.74) is 4.22. The van der Waals surface area contributed by atoms with E-state index in [0.717, 1.165) is 16.9 Å². The van der Waals surface area contributed by atoms with Crippen LogP contribution in [0.15, 0.2) is 70.6 Å². The minimum absolute atomic E-state index is 0.141. The lowest BCUT2D eigenvalue weighted by Gasteiger charge is -2.12. The number of aryl methyl sites for hydroxylation is 2. The largest absolute Gasteiger partial charge is 0.353 e. The Morgan fingerprint density at radius 3 is 2.59 bits per heavy atom. The molecule has 29 heavy (non-hydrogen) atoms. The number of nitrogens with one attached hydrogen (secondary N) is 2. The van der Waals surface area contributed by atoms with Gasteiger partial charge < -0.3 is 10.3 Å². The maximum absolute atomic E-state index is 13.1. The van der Waals surface area contributed by atoms with Crippen molar-refractivity contribution in [2.24, 2.45) is 0 Å². The number of benzene rings is 2. The molecule has 1 amide bonds. The van der Waals surface area contributed by atoms with Crippen molar-refractivity contribution in [3.8, 4) is 5.69 Å². The Labute approximate surface area is 172 Å². The summed E-state index contributed by atoms with van der Waals surface area (Å²) in [6, 6.07) is 18.8. The van der Waals surface area contributed by atoms with E-state index in [4.69, 9.17) is 0 Å². The lowest BCUT2D eigenvalue weighted by Crippen LogP contribution is -2.23. The van der Waals surface area contributed by atoms with Crippen LogP contribution in [0.4, 0.5) is 5.69 Å². The molecule has 2 N–H and O–H groups in total. The van der Waals surface area contributed by atoms with Crippen molar-refractivity contribution < 1.29 is 4.79 Å². The zero-order valence-corrected chi connectivity index (χ0v) is 16.9. The molecule has 0 bridgehead atoms. The van der Waals surface area contributed by atoms with E-state index in [1.807, 2.05) is 74.5 Å². The number of carbonyl (C=O) groups excluding carboxylic acids is 1. The van der Waals surface area contributed by atoms with Gasteiger partial charge in [-0.15, -0.1) is 0 Å². The van der Waals surface area contributed by atoms with Gasteiger partial charge >= 0.3 is 0 Å². The summed E-state index contributed by atoms with van der Waals surface area (Å²) in [6.07, 6.45) is 0. The van der Waals surface area contributed by atoms with Crippen LogP contribution in [-0.4, -0.2) is 26.2 Å². The SMILES string of the molecule is Cc1cc2nc(SCC(=O)Nc3ccccc3C)n(-c3ccccc3)c(=O)c2[nH]1. The van der Waals surface area contributed by atoms with Gasteiger partial charge in [0.15, 0.2) is 5.16 Å². The number of carbonyl (C=O) groups is 1. The molecule has 2 aromatic heterocycles. The molecule has 6 nitrogen and oxygen atoms in total. The van der Waals surface area contributed by atoms with E-state index in [1.54, 1.807) is 4.57 Å². The summed E-state index contributed by atoms with van der Waals surface area (Å²) >= 11 is 1.24. The van der Waals surface area contributed by atoms with Gasteiger partial charge in [0.25, 0.3) is 5.56 Å². The van der Waals surface area contributed by atoms with Crippen molar-refractivity contribution in [1.29, 1.82) is 0 Å². The average molecular weight is 404 g/mol. The normalized spacial score (nSPS) is 11.0. The standard InChI is InChI=1S/C22H20N4O2S/c1-14-8-6-7-11-17(14)24-19(27)13-29-22-25-18-12-15(2)23-20(18)21(28)26(22)16-9-4-3-5-10-16/h3-12,23H,13H2,1-2H3,(H,24,27). The molecule has 0 unspecified atom stereocenters. The second kappa shape index (κ2) is 7.97. The summed E-state index contributed by atoms with van der Waals surface area (Å²) in [5.74, 6) is -0.00814. The summed E-state index contributed by atoms with van der Waals surface area (Å²) in [5, 5.41) is 3.39. The molecule has 0 spiro atoms. The highest BCUT2D eigenvalue weighted by Crippen LogP contribution is 2.22. The van der Waals surface area contributed by atoms with Gasteiger partial charge in [0.05, 0.1) is 17.0 Å². The molecule has 2 aromatic carbocycles. The molecule has 0 saturated carbocycles. The lowest BCUT2D eigenvalue weighted by molar-refractivity contribution is -0.113. The Hall–Kier alpha value is -3.32. The van der Waals surface area contributed by atoms with Crippen LogP contribution in [-0.2, 0) is 4.79 Å². The smallest absolute Gasteiger partial charge is 0.283 e. The Kier molecular flexibility index (Phi) is 5.22. The van der Waals surface area contributed by atoms with Crippen molar-refractivity contribution in [3.05, 3.63) is 82.3 Å². The first kappa shape index (κ1) is 19.0. The first-order chi connectivity index (χ1) is 14.0. The molecule has 4 aromatic rings. The highest BCUT2D eigenvalue weighted by molar-refractivity contribution is 7.99. The number of hydrogen-bond donors (Lipinski definition) is 2. The molecule has 0 fully saturated rings. The Balaban J connectivity index is 1.66.